The van der Waals surface area contributed by atoms with Crippen LogP contribution in [-0.2, 0) is 14.3 Å². The molecule has 8 heteroatoms. The van der Waals surface area contributed by atoms with Crippen LogP contribution in [0.1, 0.15) is 0 Å². The Kier molecular flexibility index (Phi) is 6.14. The highest BCUT2D eigenvalue weighted by Gasteiger charge is 2.18. The number of hydroxylamine groups is 2. The molecule has 0 spiro atoms. The summed E-state index contributed by atoms with van der Waals surface area (Å²) >= 11 is 0. The smallest absolute Gasteiger partial charge is 0.441 e. The van der Waals surface area contributed by atoms with Crippen LogP contribution in [0.4, 0.5) is 9.59 Å². The third-order valence-corrected chi connectivity index (χ3v) is 0.955. The van der Waals surface area contributed by atoms with E-state index in [-0.39, 0.29) is 5.06 Å². The van der Waals surface area contributed by atoms with Crippen LogP contribution in [0.15, 0.2) is 25.0 Å². The summed E-state index contributed by atoms with van der Waals surface area (Å²) in [5.74, 6) is 0. The molecule has 1 heterocycles. The van der Waals surface area contributed by atoms with Gasteiger partial charge in [-0.25, -0.2) is 9.59 Å². The zero-order valence-corrected chi connectivity index (χ0v) is 7.69. The second kappa shape index (κ2) is 7.21. The van der Waals surface area contributed by atoms with Gasteiger partial charge in [0.25, 0.3) is 0 Å². The van der Waals surface area contributed by atoms with Gasteiger partial charge in [0.05, 0.1) is 7.11 Å². The molecule has 2 N–H and O–H groups in total. The van der Waals surface area contributed by atoms with Crippen molar-refractivity contribution in [1.82, 2.24) is 5.06 Å². The van der Waals surface area contributed by atoms with Crippen LogP contribution < -0.4 is 0 Å². The molecule has 0 radical (unpaired) electrons. The van der Waals surface area contributed by atoms with Gasteiger partial charge in [0.2, 0.25) is 0 Å². The van der Waals surface area contributed by atoms with Crippen molar-refractivity contribution in [3.05, 3.63) is 25.0 Å². The van der Waals surface area contributed by atoms with Crippen molar-refractivity contribution in [2.24, 2.45) is 0 Å². The minimum Gasteiger partial charge on any atom is -0.466 e. The summed E-state index contributed by atoms with van der Waals surface area (Å²) in [4.78, 5) is 23.5. The lowest BCUT2D eigenvalue weighted by atomic mass is 10.9. The van der Waals surface area contributed by atoms with Gasteiger partial charge in [0.15, 0.2) is 0 Å². The molecule has 1 aliphatic heterocycles. The van der Waals surface area contributed by atoms with Crippen molar-refractivity contribution in [1.29, 1.82) is 0 Å². The van der Waals surface area contributed by atoms with Gasteiger partial charge in [-0.3, -0.25) is 4.84 Å². The van der Waals surface area contributed by atoms with E-state index in [1.165, 1.54) is 25.0 Å². The Morgan fingerprint density at radius 2 is 1.40 bits per heavy atom. The lowest BCUT2D eigenvalue weighted by Gasteiger charge is -2.07. The van der Waals surface area contributed by atoms with Crippen molar-refractivity contribution in [3.63, 3.8) is 0 Å². The molecule has 1 aliphatic rings. The number of hydrogen-bond donors (Lipinski definition) is 2. The molecule has 0 aromatic rings. The monoisotopic (exact) mass is 219 g/mol. The molecular weight excluding hydrogens is 210 g/mol. The van der Waals surface area contributed by atoms with Gasteiger partial charge in [0.1, 0.15) is 25.0 Å². The molecular formula is C7H9NO7. The molecule has 8 nitrogen and oxygen atoms in total. The molecule has 0 saturated carbocycles. The number of hydrogen-bond acceptors (Lipinski definition) is 5. The number of carboxylic acid groups (broad SMARTS) is 2. The van der Waals surface area contributed by atoms with Crippen LogP contribution in [0, 0.1) is 0 Å². The van der Waals surface area contributed by atoms with E-state index in [1.807, 2.05) is 0 Å². The van der Waals surface area contributed by atoms with Gasteiger partial charge >= 0.3 is 12.2 Å². The average molecular weight is 219 g/mol. The summed E-state index contributed by atoms with van der Waals surface area (Å²) in [6.45, 7) is 0. The number of carbonyl (C=O) groups is 2. The highest BCUT2D eigenvalue weighted by molar-refractivity contribution is 5.83. The van der Waals surface area contributed by atoms with Crippen LogP contribution in [-0.4, -0.2) is 34.6 Å². The van der Waals surface area contributed by atoms with Crippen molar-refractivity contribution in [2.45, 2.75) is 0 Å². The number of rotatable bonds is 1. The van der Waals surface area contributed by atoms with E-state index >= 15 is 0 Å². The quantitative estimate of drug-likeness (QED) is 0.637. The molecule has 0 bridgehead atoms. The maximum absolute atomic E-state index is 9.79. The zero-order chi connectivity index (χ0) is 11.7. The van der Waals surface area contributed by atoms with Crippen molar-refractivity contribution >= 4 is 12.2 Å². The molecule has 0 saturated heterocycles. The van der Waals surface area contributed by atoms with Gasteiger partial charge < -0.3 is 19.7 Å². The van der Waals surface area contributed by atoms with Gasteiger partial charge in [-0.2, -0.15) is 0 Å². The fourth-order valence-electron chi connectivity index (χ4n) is 0.457. The van der Waals surface area contributed by atoms with Gasteiger partial charge in [-0.05, 0) is 0 Å². The molecule has 1 rings (SSSR count). The maximum atomic E-state index is 9.79. The van der Waals surface area contributed by atoms with Crippen LogP contribution in [0.2, 0.25) is 0 Å². The highest BCUT2D eigenvalue weighted by Crippen LogP contribution is 1.89. The number of amides is 2. The Morgan fingerprint density at radius 1 is 1.07 bits per heavy atom. The molecule has 0 aliphatic carbocycles. The Labute approximate surface area is 84.5 Å². The molecule has 15 heavy (non-hydrogen) atoms. The summed E-state index contributed by atoms with van der Waals surface area (Å²) in [5, 5.41) is 15.7. The van der Waals surface area contributed by atoms with E-state index in [2.05, 4.69) is 14.3 Å². The molecule has 84 valence electrons. The summed E-state index contributed by atoms with van der Waals surface area (Å²) in [5.41, 5.74) is 0. The highest BCUT2D eigenvalue weighted by atomic mass is 16.7. The zero-order valence-electron chi connectivity index (χ0n) is 7.69. The van der Waals surface area contributed by atoms with Gasteiger partial charge in [-0.1, -0.05) is 5.06 Å². The third kappa shape index (κ3) is 5.93. The fourth-order valence-corrected chi connectivity index (χ4v) is 0.457. The Morgan fingerprint density at radius 3 is 1.47 bits per heavy atom. The Balaban J connectivity index is 0.000000280. The van der Waals surface area contributed by atoms with E-state index in [1.54, 1.807) is 0 Å². The lowest BCUT2D eigenvalue weighted by Crippen LogP contribution is -2.33. The summed E-state index contributed by atoms with van der Waals surface area (Å²) in [6, 6.07) is 0. The second-order valence-corrected chi connectivity index (χ2v) is 1.86. The van der Waals surface area contributed by atoms with E-state index in [4.69, 9.17) is 10.2 Å². The topological polar surface area (TPSA) is 106 Å². The number of nitrogens with zero attached hydrogens (tertiary/aromatic N) is 1. The number of imide groups is 1. The molecule has 0 aromatic heterocycles. The van der Waals surface area contributed by atoms with Crippen LogP contribution in [0.25, 0.3) is 0 Å². The summed E-state index contributed by atoms with van der Waals surface area (Å²) < 4.78 is 9.17. The minimum absolute atomic E-state index is 0.208. The van der Waals surface area contributed by atoms with Crippen LogP contribution in [0.3, 0.4) is 0 Å². The summed E-state index contributed by atoms with van der Waals surface area (Å²) in [6.07, 6.45) is 2.51. The van der Waals surface area contributed by atoms with Crippen LogP contribution in [0.5, 0.6) is 0 Å². The van der Waals surface area contributed by atoms with Crippen molar-refractivity contribution in [2.75, 3.05) is 7.11 Å². The minimum atomic E-state index is -1.66. The average Bonchev–Trinajstić information content (AvgIpc) is 2.21. The molecule has 0 fully saturated rings. The first-order chi connectivity index (χ1) is 7.09. The Hall–Kier alpha value is -2.22. The normalized spacial score (nSPS) is 11.5. The van der Waals surface area contributed by atoms with E-state index in [0.717, 1.165) is 7.11 Å². The van der Waals surface area contributed by atoms with E-state index in [9.17, 15) is 9.59 Å². The molecule has 0 aromatic carbocycles. The van der Waals surface area contributed by atoms with E-state index in [0.29, 0.717) is 0 Å². The first-order valence-corrected chi connectivity index (χ1v) is 3.50. The maximum Gasteiger partial charge on any atom is 0.441 e. The predicted molar refractivity (Wildman–Crippen MR) is 45.3 cm³/mol. The third-order valence-electron chi connectivity index (χ3n) is 0.955. The first kappa shape index (κ1) is 12.8. The molecule has 2 amide bonds. The van der Waals surface area contributed by atoms with Crippen LogP contribution >= 0.6 is 0 Å². The summed E-state index contributed by atoms with van der Waals surface area (Å²) in [7, 11) is 0.947. The lowest BCUT2D eigenvalue weighted by molar-refractivity contribution is -0.0786. The predicted octanol–water partition coefficient (Wildman–Crippen LogP) is 1.18. The Bertz CT molecular complexity index is 239. The second-order valence-electron chi connectivity index (χ2n) is 1.86. The van der Waals surface area contributed by atoms with Gasteiger partial charge in [-0.15, -0.1) is 0 Å². The fraction of sp³-hybridized carbons (Fsp3) is 0.143. The molecule has 0 unspecified atom stereocenters. The van der Waals surface area contributed by atoms with Gasteiger partial charge in [0, 0.05) is 0 Å². The molecule has 0 atom stereocenters. The first-order valence-electron chi connectivity index (χ1n) is 3.50. The van der Waals surface area contributed by atoms with E-state index < -0.39 is 12.2 Å². The van der Waals surface area contributed by atoms with Crippen molar-refractivity contribution in [3.8, 4) is 0 Å². The number of ether oxygens (including phenoxy) is 2. The van der Waals surface area contributed by atoms with Crippen molar-refractivity contribution < 1.29 is 34.1 Å². The largest absolute Gasteiger partial charge is 0.466 e. The SMILES string of the molecule is C1=COC=CO1.CON(C(=O)O)C(=O)O. The standard InChI is InChI=1S/C4H4O2.C3H5NO5/c1-2-6-4-3-5-1;1-9-4(2(5)6)3(7)8/h1-4H;1H3,(H,5,6)(H,7,8).